The maximum Gasteiger partial charge on any atom is 0.0624 e. The van der Waals surface area contributed by atoms with Gasteiger partial charge in [0.1, 0.15) is 0 Å². The molecule has 2 nitrogen and oxygen atoms in total. The molecule has 0 spiro atoms. The molecule has 1 aromatic carbocycles. The Morgan fingerprint density at radius 2 is 2.13 bits per heavy atom. The Hall–Kier alpha value is -0.800. The van der Waals surface area contributed by atoms with Gasteiger partial charge in [-0.25, -0.2) is 0 Å². The summed E-state index contributed by atoms with van der Waals surface area (Å²) >= 11 is 3.59. The smallest absolute Gasteiger partial charge is 0.0624 e. The fourth-order valence-corrected chi connectivity index (χ4v) is 2.60. The van der Waals surface area contributed by atoms with Gasteiger partial charge in [0.25, 0.3) is 0 Å². The standard InChI is InChI=1S/C12H15BrN2/c1-8(14-2)11-7-9-5-4-6-10(13)12(9)15(11)3/h4-8,14H,1-3H3. The molecule has 1 N–H and O–H groups in total. The van der Waals surface area contributed by atoms with Crippen molar-refractivity contribution in [2.24, 2.45) is 7.05 Å². The number of benzene rings is 1. The molecule has 0 aliphatic heterocycles. The van der Waals surface area contributed by atoms with Gasteiger partial charge in [0.05, 0.1) is 5.52 Å². The fraction of sp³-hybridized carbons (Fsp3) is 0.333. The van der Waals surface area contributed by atoms with Crippen LogP contribution in [0.25, 0.3) is 10.9 Å². The molecule has 80 valence electrons. The van der Waals surface area contributed by atoms with E-state index in [4.69, 9.17) is 0 Å². The molecule has 0 fully saturated rings. The number of hydrogen-bond acceptors (Lipinski definition) is 1. The van der Waals surface area contributed by atoms with Gasteiger partial charge in [0.2, 0.25) is 0 Å². The molecule has 2 aromatic rings. The van der Waals surface area contributed by atoms with Gasteiger partial charge in [0.15, 0.2) is 0 Å². The number of aryl methyl sites for hydroxylation is 1. The van der Waals surface area contributed by atoms with E-state index in [1.807, 2.05) is 7.05 Å². The SMILES string of the molecule is CNC(C)c1cc2cccc(Br)c2n1C. The first kappa shape index (κ1) is 10.7. The lowest BCUT2D eigenvalue weighted by atomic mass is 10.2. The molecule has 3 heteroatoms. The zero-order valence-electron chi connectivity index (χ0n) is 9.21. The first-order valence-corrected chi connectivity index (χ1v) is 5.85. The van der Waals surface area contributed by atoms with Crippen LogP contribution in [0.15, 0.2) is 28.7 Å². The Morgan fingerprint density at radius 1 is 1.40 bits per heavy atom. The van der Waals surface area contributed by atoms with Crippen molar-refractivity contribution in [2.45, 2.75) is 13.0 Å². The first-order chi connectivity index (χ1) is 7.15. The van der Waals surface area contributed by atoms with Gasteiger partial charge in [0, 0.05) is 28.6 Å². The van der Waals surface area contributed by atoms with Gasteiger partial charge in [-0.15, -0.1) is 0 Å². The van der Waals surface area contributed by atoms with Crippen LogP contribution in [0.1, 0.15) is 18.7 Å². The van der Waals surface area contributed by atoms with Crippen molar-refractivity contribution >= 4 is 26.8 Å². The monoisotopic (exact) mass is 266 g/mol. The topological polar surface area (TPSA) is 17.0 Å². The molecule has 1 heterocycles. The highest BCUT2D eigenvalue weighted by Gasteiger charge is 2.12. The maximum absolute atomic E-state index is 3.59. The van der Waals surface area contributed by atoms with Crippen molar-refractivity contribution < 1.29 is 0 Å². The van der Waals surface area contributed by atoms with Gasteiger partial charge in [-0.3, -0.25) is 0 Å². The van der Waals surface area contributed by atoms with Crippen LogP contribution in [-0.2, 0) is 7.05 Å². The molecule has 1 aromatic heterocycles. The van der Waals surface area contributed by atoms with E-state index in [2.05, 4.69) is 64.1 Å². The largest absolute Gasteiger partial charge is 0.345 e. The van der Waals surface area contributed by atoms with E-state index in [1.54, 1.807) is 0 Å². The second-order valence-corrected chi connectivity index (χ2v) is 4.67. The third-order valence-corrected chi connectivity index (χ3v) is 3.56. The Labute approximate surface area is 98.4 Å². The second-order valence-electron chi connectivity index (χ2n) is 3.82. The predicted octanol–water partition coefficient (Wildman–Crippen LogP) is 3.22. The van der Waals surface area contributed by atoms with Crippen LogP contribution in [0.4, 0.5) is 0 Å². The lowest BCUT2D eigenvalue weighted by Gasteiger charge is -2.11. The molecule has 0 amide bonds. The average molecular weight is 267 g/mol. The number of fused-ring (bicyclic) bond motifs is 1. The summed E-state index contributed by atoms with van der Waals surface area (Å²) in [5, 5.41) is 4.55. The number of nitrogens with zero attached hydrogens (tertiary/aromatic N) is 1. The van der Waals surface area contributed by atoms with Crippen LogP contribution in [0.5, 0.6) is 0 Å². The van der Waals surface area contributed by atoms with Gasteiger partial charge in [-0.1, -0.05) is 12.1 Å². The molecule has 0 saturated carbocycles. The highest BCUT2D eigenvalue weighted by atomic mass is 79.9. The molecule has 0 aliphatic rings. The minimum atomic E-state index is 0.370. The third-order valence-electron chi connectivity index (χ3n) is 2.92. The molecule has 0 saturated heterocycles. The normalized spacial score (nSPS) is 13.3. The van der Waals surface area contributed by atoms with E-state index in [0.29, 0.717) is 6.04 Å². The summed E-state index contributed by atoms with van der Waals surface area (Å²) in [7, 11) is 4.09. The minimum absolute atomic E-state index is 0.370. The number of rotatable bonds is 2. The van der Waals surface area contributed by atoms with Crippen LogP contribution in [-0.4, -0.2) is 11.6 Å². The summed E-state index contributed by atoms with van der Waals surface area (Å²) in [6.45, 7) is 2.17. The molecular formula is C12H15BrN2. The van der Waals surface area contributed by atoms with Gasteiger partial charge in [-0.05, 0) is 42.0 Å². The summed E-state index contributed by atoms with van der Waals surface area (Å²) in [6.07, 6.45) is 0. The highest BCUT2D eigenvalue weighted by molar-refractivity contribution is 9.10. The zero-order chi connectivity index (χ0) is 11.0. The fourth-order valence-electron chi connectivity index (χ4n) is 1.95. The number of para-hydroxylation sites is 1. The number of hydrogen-bond donors (Lipinski definition) is 1. The number of aromatic nitrogens is 1. The Kier molecular flexibility index (Phi) is 2.85. The van der Waals surface area contributed by atoms with Crippen molar-refractivity contribution in [3.63, 3.8) is 0 Å². The number of nitrogens with one attached hydrogen (secondary N) is 1. The van der Waals surface area contributed by atoms with E-state index in [-0.39, 0.29) is 0 Å². The molecule has 0 bridgehead atoms. The summed E-state index contributed by atoms with van der Waals surface area (Å²) in [5.74, 6) is 0. The van der Waals surface area contributed by atoms with Crippen molar-refractivity contribution in [1.82, 2.24) is 9.88 Å². The van der Waals surface area contributed by atoms with E-state index in [1.165, 1.54) is 16.6 Å². The maximum atomic E-state index is 3.59. The summed E-state index contributed by atoms with van der Waals surface area (Å²) in [4.78, 5) is 0. The molecular weight excluding hydrogens is 252 g/mol. The highest BCUT2D eigenvalue weighted by Crippen LogP contribution is 2.28. The summed E-state index contributed by atoms with van der Waals surface area (Å²) in [6, 6.07) is 8.90. The van der Waals surface area contributed by atoms with Crippen molar-refractivity contribution in [3.8, 4) is 0 Å². The Bertz CT molecular complexity index is 488. The van der Waals surface area contributed by atoms with Crippen LogP contribution >= 0.6 is 15.9 Å². The van der Waals surface area contributed by atoms with Gasteiger partial charge >= 0.3 is 0 Å². The first-order valence-electron chi connectivity index (χ1n) is 5.06. The van der Waals surface area contributed by atoms with E-state index >= 15 is 0 Å². The molecule has 0 radical (unpaired) electrons. The second kappa shape index (κ2) is 3.99. The van der Waals surface area contributed by atoms with E-state index in [0.717, 1.165) is 4.47 Å². The lowest BCUT2D eigenvalue weighted by molar-refractivity contribution is 0.609. The molecule has 1 atom stereocenters. The van der Waals surface area contributed by atoms with Crippen LogP contribution in [0.3, 0.4) is 0 Å². The quantitative estimate of drug-likeness (QED) is 0.884. The van der Waals surface area contributed by atoms with Crippen LogP contribution in [0.2, 0.25) is 0 Å². The number of halogens is 1. The van der Waals surface area contributed by atoms with E-state index < -0.39 is 0 Å². The van der Waals surface area contributed by atoms with Crippen LogP contribution in [0, 0.1) is 0 Å². The van der Waals surface area contributed by atoms with Crippen molar-refractivity contribution in [2.75, 3.05) is 7.05 Å². The lowest BCUT2D eigenvalue weighted by Crippen LogP contribution is -2.15. The molecule has 0 aliphatic carbocycles. The molecule has 2 rings (SSSR count). The average Bonchev–Trinajstić information content (AvgIpc) is 2.56. The van der Waals surface area contributed by atoms with Gasteiger partial charge in [-0.2, -0.15) is 0 Å². The minimum Gasteiger partial charge on any atom is -0.345 e. The summed E-state index contributed by atoms with van der Waals surface area (Å²) < 4.78 is 3.39. The van der Waals surface area contributed by atoms with Crippen molar-refractivity contribution in [1.29, 1.82) is 0 Å². The van der Waals surface area contributed by atoms with Crippen LogP contribution < -0.4 is 5.32 Å². The Balaban J connectivity index is 2.70. The summed E-state index contributed by atoms with van der Waals surface area (Å²) in [5.41, 5.74) is 2.56. The molecule has 15 heavy (non-hydrogen) atoms. The van der Waals surface area contributed by atoms with Gasteiger partial charge < -0.3 is 9.88 Å². The van der Waals surface area contributed by atoms with Crippen molar-refractivity contribution in [3.05, 3.63) is 34.4 Å². The van der Waals surface area contributed by atoms with E-state index in [9.17, 15) is 0 Å². The third kappa shape index (κ3) is 1.70. The Morgan fingerprint density at radius 3 is 2.73 bits per heavy atom. The predicted molar refractivity (Wildman–Crippen MR) is 68.1 cm³/mol. The molecule has 1 unspecified atom stereocenters. The zero-order valence-corrected chi connectivity index (χ0v) is 10.8.